The Balaban J connectivity index is 1.47. The van der Waals surface area contributed by atoms with E-state index in [1.165, 1.54) is 11.3 Å². The highest BCUT2D eigenvalue weighted by molar-refractivity contribution is 5.80. The van der Waals surface area contributed by atoms with E-state index in [4.69, 9.17) is 0 Å². The number of nitrogens with zero attached hydrogens (tertiary/aromatic N) is 5. The second kappa shape index (κ2) is 6.07. The number of imidazole rings is 1. The van der Waals surface area contributed by atoms with Gasteiger partial charge in [-0.3, -0.25) is 9.48 Å². The van der Waals surface area contributed by atoms with Crippen molar-refractivity contribution in [3.05, 3.63) is 35.7 Å². The SMILES string of the molecule is Cc1nccn1CC1CCCN1C(=O)C1CCc2cnn(C)c2C1. The fraction of sp³-hybridized carbons (Fsp3) is 0.611. The van der Waals surface area contributed by atoms with Gasteiger partial charge in [-0.1, -0.05) is 0 Å². The molecule has 3 heterocycles. The second-order valence-corrected chi connectivity index (χ2v) is 7.13. The van der Waals surface area contributed by atoms with Gasteiger partial charge in [-0.2, -0.15) is 5.10 Å². The molecule has 4 rings (SSSR count). The van der Waals surface area contributed by atoms with Crippen molar-refractivity contribution >= 4 is 5.91 Å². The molecule has 1 aliphatic heterocycles. The van der Waals surface area contributed by atoms with E-state index in [2.05, 4.69) is 19.5 Å². The van der Waals surface area contributed by atoms with E-state index < -0.39 is 0 Å². The molecule has 2 unspecified atom stereocenters. The third-order valence-electron chi connectivity index (χ3n) is 5.69. The molecule has 0 aromatic carbocycles. The van der Waals surface area contributed by atoms with Crippen LogP contribution in [0.3, 0.4) is 0 Å². The maximum atomic E-state index is 13.1. The van der Waals surface area contributed by atoms with Crippen LogP contribution in [0.5, 0.6) is 0 Å². The Morgan fingerprint density at radius 3 is 3.04 bits per heavy atom. The zero-order valence-corrected chi connectivity index (χ0v) is 14.5. The van der Waals surface area contributed by atoms with Crippen LogP contribution in [0.4, 0.5) is 0 Å². The van der Waals surface area contributed by atoms with Gasteiger partial charge < -0.3 is 9.47 Å². The molecule has 6 heteroatoms. The molecule has 128 valence electrons. The number of amides is 1. The van der Waals surface area contributed by atoms with Gasteiger partial charge in [0.25, 0.3) is 0 Å². The highest BCUT2D eigenvalue weighted by atomic mass is 16.2. The first-order chi connectivity index (χ1) is 11.6. The van der Waals surface area contributed by atoms with Crippen LogP contribution >= 0.6 is 0 Å². The van der Waals surface area contributed by atoms with E-state index in [1.807, 2.05) is 37.2 Å². The number of aromatic nitrogens is 4. The van der Waals surface area contributed by atoms with Crippen molar-refractivity contribution in [3.8, 4) is 0 Å². The monoisotopic (exact) mass is 327 g/mol. The van der Waals surface area contributed by atoms with Crippen LogP contribution in [-0.2, 0) is 31.2 Å². The fourth-order valence-corrected chi connectivity index (χ4v) is 4.23. The van der Waals surface area contributed by atoms with Crippen molar-refractivity contribution < 1.29 is 4.79 Å². The van der Waals surface area contributed by atoms with Gasteiger partial charge in [-0.15, -0.1) is 0 Å². The third kappa shape index (κ3) is 2.64. The fourth-order valence-electron chi connectivity index (χ4n) is 4.23. The average Bonchev–Trinajstić information content (AvgIpc) is 3.29. The predicted octanol–water partition coefficient (Wildman–Crippen LogP) is 1.72. The smallest absolute Gasteiger partial charge is 0.226 e. The maximum Gasteiger partial charge on any atom is 0.226 e. The number of hydrogen-bond acceptors (Lipinski definition) is 3. The van der Waals surface area contributed by atoms with E-state index in [9.17, 15) is 4.79 Å². The molecule has 0 radical (unpaired) electrons. The molecule has 0 N–H and O–H groups in total. The molecule has 1 fully saturated rings. The molecule has 2 aliphatic rings. The summed E-state index contributed by atoms with van der Waals surface area (Å²) in [5.74, 6) is 1.46. The molecule has 1 aliphatic carbocycles. The minimum Gasteiger partial charge on any atom is -0.338 e. The standard InChI is InChI=1S/C18H25N5O/c1-13-19-7-9-22(13)12-16-4-3-8-23(16)18(24)14-5-6-15-11-20-21(2)17(15)10-14/h7,9,11,14,16H,3-6,8,10,12H2,1-2H3. The normalized spacial score (nSPS) is 23.5. The summed E-state index contributed by atoms with van der Waals surface area (Å²) in [7, 11) is 1.98. The molecular weight excluding hydrogens is 302 g/mol. The van der Waals surface area contributed by atoms with Crippen LogP contribution in [0.1, 0.15) is 36.3 Å². The number of fused-ring (bicyclic) bond motifs is 1. The van der Waals surface area contributed by atoms with Crippen molar-refractivity contribution in [1.29, 1.82) is 0 Å². The van der Waals surface area contributed by atoms with Gasteiger partial charge in [0.2, 0.25) is 5.91 Å². The Morgan fingerprint density at radius 1 is 1.38 bits per heavy atom. The van der Waals surface area contributed by atoms with E-state index in [0.29, 0.717) is 11.9 Å². The first kappa shape index (κ1) is 15.4. The van der Waals surface area contributed by atoms with Gasteiger partial charge in [-0.25, -0.2) is 4.98 Å². The van der Waals surface area contributed by atoms with Crippen molar-refractivity contribution in [2.45, 2.75) is 51.6 Å². The zero-order chi connectivity index (χ0) is 16.7. The summed E-state index contributed by atoms with van der Waals surface area (Å²) < 4.78 is 4.10. The molecule has 0 spiro atoms. The number of rotatable bonds is 3. The first-order valence-corrected chi connectivity index (χ1v) is 8.91. The van der Waals surface area contributed by atoms with Crippen molar-refractivity contribution in [1.82, 2.24) is 24.2 Å². The number of hydrogen-bond donors (Lipinski definition) is 0. The molecule has 1 saturated heterocycles. The van der Waals surface area contributed by atoms with Crippen LogP contribution in [0, 0.1) is 12.8 Å². The molecule has 1 amide bonds. The number of carbonyl (C=O) groups excluding carboxylic acids is 1. The largest absolute Gasteiger partial charge is 0.338 e. The lowest BCUT2D eigenvalue weighted by Crippen LogP contribution is -2.43. The molecule has 2 aromatic rings. The third-order valence-corrected chi connectivity index (χ3v) is 5.69. The quantitative estimate of drug-likeness (QED) is 0.862. The molecular formula is C18H25N5O. The maximum absolute atomic E-state index is 13.1. The Kier molecular flexibility index (Phi) is 3.90. The van der Waals surface area contributed by atoms with E-state index in [0.717, 1.165) is 51.0 Å². The van der Waals surface area contributed by atoms with Gasteiger partial charge in [-0.05, 0) is 38.2 Å². The van der Waals surface area contributed by atoms with Gasteiger partial charge in [0.1, 0.15) is 5.82 Å². The molecule has 2 aromatic heterocycles. The molecule has 6 nitrogen and oxygen atoms in total. The lowest BCUT2D eigenvalue weighted by Gasteiger charge is -2.31. The number of carbonyl (C=O) groups is 1. The zero-order valence-electron chi connectivity index (χ0n) is 14.5. The summed E-state index contributed by atoms with van der Waals surface area (Å²) in [4.78, 5) is 19.6. The van der Waals surface area contributed by atoms with Crippen LogP contribution < -0.4 is 0 Å². The summed E-state index contributed by atoms with van der Waals surface area (Å²) in [5, 5.41) is 4.35. The molecule has 2 atom stereocenters. The first-order valence-electron chi connectivity index (χ1n) is 8.91. The van der Waals surface area contributed by atoms with Crippen LogP contribution in [-0.4, -0.2) is 42.7 Å². The van der Waals surface area contributed by atoms with Crippen molar-refractivity contribution in [3.63, 3.8) is 0 Å². The lowest BCUT2D eigenvalue weighted by molar-refractivity contribution is -0.137. The minimum atomic E-state index is 0.109. The topological polar surface area (TPSA) is 56.0 Å². The highest BCUT2D eigenvalue weighted by Gasteiger charge is 2.35. The predicted molar refractivity (Wildman–Crippen MR) is 90.4 cm³/mol. The Labute approximate surface area is 142 Å². The summed E-state index contributed by atoms with van der Waals surface area (Å²) in [5.41, 5.74) is 2.55. The van der Waals surface area contributed by atoms with Gasteiger partial charge >= 0.3 is 0 Å². The molecule has 24 heavy (non-hydrogen) atoms. The van der Waals surface area contributed by atoms with Crippen LogP contribution in [0.15, 0.2) is 18.6 Å². The van der Waals surface area contributed by atoms with Crippen LogP contribution in [0.25, 0.3) is 0 Å². The van der Waals surface area contributed by atoms with Crippen LogP contribution in [0.2, 0.25) is 0 Å². The Hall–Kier alpha value is -2.11. The summed E-state index contributed by atoms with van der Waals surface area (Å²) >= 11 is 0. The van der Waals surface area contributed by atoms with Crippen molar-refractivity contribution in [2.75, 3.05) is 6.54 Å². The molecule has 0 bridgehead atoms. The van der Waals surface area contributed by atoms with Gasteiger partial charge in [0.15, 0.2) is 0 Å². The van der Waals surface area contributed by atoms with E-state index in [1.54, 1.807) is 0 Å². The second-order valence-electron chi connectivity index (χ2n) is 7.13. The number of likely N-dealkylation sites (tertiary alicyclic amines) is 1. The van der Waals surface area contributed by atoms with E-state index >= 15 is 0 Å². The summed E-state index contributed by atoms with van der Waals surface area (Å²) in [6.45, 7) is 3.78. The Bertz CT molecular complexity index is 746. The van der Waals surface area contributed by atoms with Gasteiger partial charge in [0.05, 0.1) is 6.20 Å². The molecule has 0 saturated carbocycles. The summed E-state index contributed by atoms with van der Waals surface area (Å²) in [6.07, 6.45) is 10.7. The minimum absolute atomic E-state index is 0.109. The lowest BCUT2D eigenvalue weighted by atomic mass is 9.87. The highest BCUT2D eigenvalue weighted by Crippen LogP contribution is 2.29. The summed E-state index contributed by atoms with van der Waals surface area (Å²) in [6, 6.07) is 0.304. The van der Waals surface area contributed by atoms with Gasteiger partial charge in [0, 0.05) is 56.6 Å². The van der Waals surface area contributed by atoms with E-state index in [-0.39, 0.29) is 5.92 Å². The Morgan fingerprint density at radius 2 is 2.25 bits per heavy atom. The van der Waals surface area contributed by atoms with Crippen molar-refractivity contribution in [2.24, 2.45) is 13.0 Å². The number of aryl methyl sites for hydroxylation is 3. The average molecular weight is 327 g/mol.